The number of aliphatic hydroxyl groups is 2. The largest absolute Gasteiger partial charge is 0.488 e. The number of aliphatic hydroxyl groups excluding tert-OH is 2. The number of β-amino-alcohol motifs (C(OH)–C–C–N with tert-alkyl or cyclic N) is 2. The van der Waals surface area contributed by atoms with Crippen LogP contribution in [-0.4, -0.2) is 136 Å². The Balaban J connectivity index is 0.000000160. The summed E-state index contributed by atoms with van der Waals surface area (Å²) in [6, 6.07) is 43.1. The van der Waals surface area contributed by atoms with E-state index in [2.05, 4.69) is 116 Å². The van der Waals surface area contributed by atoms with Crippen LogP contribution in [0.15, 0.2) is 150 Å². The van der Waals surface area contributed by atoms with Gasteiger partial charge in [0.2, 0.25) is 11.9 Å². The van der Waals surface area contributed by atoms with Crippen LogP contribution in [0.25, 0.3) is 32.9 Å². The molecule has 0 unspecified atom stereocenters. The maximum Gasteiger partial charge on any atom is 0.488 e. The lowest BCUT2D eigenvalue weighted by Gasteiger charge is -2.35. The Hall–Kier alpha value is -6.90. The fourth-order valence-electron chi connectivity index (χ4n) is 8.37. The highest BCUT2D eigenvalue weighted by molar-refractivity contribution is 9.10. The first-order valence-corrected chi connectivity index (χ1v) is 24.1. The number of nitrogen functional groups attached to an aromatic ring is 2. The predicted molar refractivity (Wildman–Crippen MR) is 288 cm³/mol. The molecule has 0 bridgehead atoms. The van der Waals surface area contributed by atoms with Gasteiger partial charge in [0.15, 0.2) is 0 Å². The van der Waals surface area contributed by atoms with Gasteiger partial charge in [-0.3, -0.25) is 9.80 Å². The van der Waals surface area contributed by atoms with Crippen LogP contribution < -0.4 is 37.4 Å². The van der Waals surface area contributed by atoms with E-state index in [1.165, 1.54) is 17.4 Å². The van der Waals surface area contributed by atoms with Crippen molar-refractivity contribution >= 4 is 96.3 Å². The summed E-state index contributed by atoms with van der Waals surface area (Å²) in [5, 5.41) is 44.1. The molecule has 10 N–H and O–H groups in total. The molecule has 2 aliphatic rings. The summed E-state index contributed by atoms with van der Waals surface area (Å²) in [4.78, 5) is 27.7. The number of halogens is 1. The lowest BCUT2D eigenvalue weighted by atomic mass is 9.80. The highest BCUT2D eigenvalue weighted by atomic mass is 79.9. The van der Waals surface area contributed by atoms with Crippen LogP contribution in [0.2, 0.25) is 0 Å². The fourth-order valence-corrected chi connectivity index (χ4v) is 8.84. The van der Waals surface area contributed by atoms with Gasteiger partial charge in [0, 0.05) is 133 Å². The Labute approximate surface area is 416 Å². The lowest BCUT2D eigenvalue weighted by molar-refractivity contribution is 0.188. The average molecular weight is 1010 g/mol. The number of benzene rings is 6. The zero-order valence-electron chi connectivity index (χ0n) is 38.8. The van der Waals surface area contributed by atoms with Crippen molar-refractivity contribution < 1.29 is 20.3 Å². The first-order chi connectivity index (χ1) is 34.1. The van der Waals surface area contributed by atoms with Crippen molar-refractivity contribution in [2.45, 2.75) is 0 Å². The van der Waals surface area contributed by atoms with Crippen molar-refractivity contribution in [3.05, 3.63) is 150 Å². The van der Waals surface area contributed by atoms with E-state index in [0.717, 1.165) is 120 Å². The number of fused-ring (bicyclic) bond motifs is 2. The molecule has 2 saturated heterocycles. The van der Waals surface area contributed by atoms with Gasteiger partial charge in [0.05, 0.1) is 24.2 Å². The molecule has 8 aromatic rings. The number of nitrogens with one attached hydrogen (secondary N) is 2. The third-order valence-electron chi connectivity index (χ3n) is 12.1. The van der Waals surface area contributed by atoms with E-state index in [9.17, 15) is 0 Å². The van der Waals surface area contributed by atoms with E-state index in [1.807, 2.05) is 67.0 Å². The molecule has 0 saturated carbocycles. The van der Waals surface area contributed by atoms with Gasteiger partial charge in [-0.05, 0) is 106 Å². The number of nitrogens with zero attached hydrogens (tertiary/aromatic N) is 8. The second-order valence-corrected chi connectivity index (χ2v) is 17.8. The van der Waals surface area contributed by atoms with Crippen molar-refractivity contribution in [2.75, 3.05) is 111 Å². The van der Waals surface area contributed by atoms with Crippen molar-refractivity contribution in [1.29, 1.82) is 0 Å². The van der Waals surface area contributed by atoms with Gasteiger partial charge in [-0.2, -0.15) is 0 Å². The van der Waals surface area contributed by atoms with Gasteiger partial charge in [0.1, 0.15) is 0 Å². The van der Waals surface area contributed by atoms with Gasteiger partial charge >= 0.3 is 7.12 Å². The Kier molecular flexibility index (Phi) is 17.0. The number of anilines is 8. The minimum absolute atomic E-state index is 0.220. The zero-order chi connectivity index (χ0) is 48.8. The molecule has 0 amide bonds. The normalized spacial score (nSPS) is 14.1. The monoisotopic (exact) mass is 1000 g/mol. The molecule has 18 heteroatoms. The van der Waals surface area contributed by atoms with Gasteiger partial charge in [-0.1, -0.05) is 54.6 Å². The molecule has 16 nitrogen and oxygen atoms in total. The van der Waals surface area contributed by atoms with E-state index >= 15 is 0 Å². The molecule has 10 rings (SSSR count). The topological polar surface area (TPSA) is 222 Å². The molecular weight excluding hydrogens is 947 g/mol. The van der Waals surface area contributed by atoms with Crippen LogP contribution in [0.1, 0.15) is 0 Å². The van der Waals surface area contributed by atoms with Crippen LogP contribution in [0.4, 0.5) is 46.0 Å². The third-order valence-corrected chi connectivity index (χ3v) is 12.8. The summed E-state index contributed by atoms with van der Waals surface area (Å²) in [7, 11) is -1.43. The highest BCUT2D eigenvalue weighted by Gasteiger charge is 2.18. The summed E-state index contributed by atoms with van der Waals surface area (Å²) in [5.41, 5.74) is 21.2. The lowest BCUT2D eigenvalue weighted by Crippen LogP contribution is -2.47. The van der Waals surface area contributed by atoms with E-state index in [0.29, 0.717) is 23.0 Å². The standard InChI is InChI=1S/C26H28N6O.C20H22BrN5O.C6H8BNO2/c27-21-5-1-3-19(17-21)24-6-2-4-20-18-28-26(30-25(20)24)29-22-7-9-23(10-8-22)32-13-11-31(12-14-32)15-16-33;21-18-3-1-2-15-14-22-20(24-19(15)18)23-16-4-6-17(7-5-16)26-10-8-25(9-11-26)12-13-27;8-6-3-1-2-5(4-6)7(9)10/h1-10,17-18,33H,11-16,27H2,(H,28,29,30);1-7,14,27H,8-13H2,(H,22,23,24);1-4,9-10H,8H2. The van der Waals surface area contributed by atoms with Crippen LogP contribution in [0.3, 0.4) is 0 Å². The first kappa shape index (κ1) is 49.5. The van der Waals surface area contributed by atoms with Crippen LogP contribution in [0, 0.1) is 0 Å². The van der Waals surface area contributed by atoms with Crippen molar-refractivity contribution in [3.63, 3.8) is 0 Å². The number of aromatic nitrogens is 4. The first-order valence-electron chi connectivity index (χ1n) is 23.3. The summed E-state index contributed by atoms with van der Waals surface area (Å²) in [5.74, 6) is 1.14. The molecule has 6 aromatic carbocycles. The van der Waals surface area contributed by atoms with Crippen LogP contribution in [-0.2, 0) is 0 Å². The molecule has 2 fully saturated rings. The number of hydrogen-bond donors (Lipinski definition) is 8. The second-order valence-electron chi connectivity index (χ2n) is 16.9. The molecule has 70 heavy (non-hydrogen) atoms. The summed E-state index contributed by atoms with van der Waals surface area (Å²) >= 11 is 3.54. The molecule has 0 spiro atoms. The number of rotatable bonds is 12. The molecule has 360 valence electrons. The highest BCUT2D eigenvalue weighted by Crippen LogP contribution is 2.30. The molecular formula is C52H58BBrN12O4. The zero-order valence-corrected chi connectivity index (χ0v) is 40.4. The average Bonchev–Trinajstić information content (AvgIpc) is 3.38. The smallest absolute Gasteiger partial charge is 0.423 e. The Bertz CT molecular complexity index is 2940. The van der Waals surface area contributed by atoms with E-state index in [-0.39, 0.29) is 13.2 Å². The van der Waals surface area contributed by atoms with Gasteiger partial charge in [-0.25, -0.2) is 19.9 Å². The number of piperazine rings is 2. The van der Waals surface area contributed by atoms with Crippen molar-refractivity contribution in [2.24, 2.45) is 0 Å². The maximum absolute atomic E-state index is 9.12. The molecule has 2 aliphatic heterocycles. The van der Waals surface area contributed by atoms with Gasteiger partial charge in [-0.15, -0.1) is 0 Å². The fraction of sp³-hybridized carbons (Fsp3) is 0.231. The summed E-state index contributed by atoms with van der Waals surface area (Å²) in [6.07, 6.45) is 3.68. The van der Waals surface area contributed by atoms with Crippen LogP contribution >= 0.6 is 15.9 Å². The summed E-state index contributed by atoms with van der Waals surface area (Å²) < 4.78 is 0.959. The molecule has 4 heterocycles. The Morgan fingerprint density at radius 2 is 1.01 bits per heavy atom. The Morgan fingerprint density at radius 3 is 1.50 bits per heavy atom. The Morgan fingerprint density at radius 1 is 0.543 bits per heavy atom. The number of para-hydroxylation sites is 2. The predicted octanol–water partition coefficient (Wildman–Crippen LogP) is 5.94. The van der Waals surface area contributed by atoms with Gasteiger partial charge in [0.25, 0.3) is 0 Å². The number of hydrogen-bond acceptors (Lipinski definition) is 16. The maximum atomic E-state index is 9.12. The minimum atomic E-state index is -1.43. The molecule has 0 atom stereocenters. The van der Waals surface area contributed by atoms with E-state index in [1.54, 1.807) is 18.2 Å². The van der Waals surface area contributed by atoms with Crippen molar-refractivity contribution in [3.8, 4) is 11.1 Å². The van der Waals surface area contributed by atoms with E-state index in [4.69, 9.17) is 36.7 Å². The van der Waals surface area contributed by atoms with Crippen LogP contribution in [0.5, 0.6) is 0 Å². The SMILES string of the molecule is Nc1cccc(-c2cccc3cnc(Nc4ccc(N5CCN(CCO)CC5)cc4)nc23)c1.Nc1cccc(B(O)O)c1.OCCN1CCN(c2ccc(Nc3ncc4cccc(Br)c4n3)cc2)CC1. The quantitative estimate of drug-likeness (QED) is 0.0525. The second kappa shape index (κ2) is 24.1. The van der Waals surface area contributed by atoms with Gasteiger partial charge < -0.3 is 52.2 Å². The van der Waals surface area contributed by atoms with E-state index < -0.39 is 7.12 Å². The molecule has 0 radical (unpaired) electrons. The molecule has 2 aromatic heterocycles. The third kappa shape index (κ3) is 13.2. The summed E-state index contributed by atoms with van der Waals surface area (Å²) in [6.45, 7) is 9.78. The minimum Gasteiger partial charge on any atom is -0.423 e. The number of nitrogens with two attached hydrogens (primary N) is 2. The molecule has 0 aliphatic carbocycles. The van der Waals surface area contributed by atoms with Crippen molar-refractivity contribution in [1.82, 2.24) is 29.7 Å².